The number of aryl methyl sites for hydroxylation is 1. The van der Waals surface area contributed by atoms with Gasteiger partial charge in [0.1, 0.15) is 5.00 Å². The average molecular weight is 310 g/mol. The number of amides is 1. The average Bonchev–Trinajstić information content (AvgIpc) is 3.06. The molecule has 1 fully saturated rings. The SMILES string of the molecule is CCOC(=O)c1cc(CC)sc1NC(=O)C1(C)CCNC1. The highest BCUT2D eigenvalue weighted by atomic mass is 32.1. The number of hydrogen-bond acceptors (Lipinski definition) is 5. The van der Waals surface area contributed by atoms with Gasteiger partial charge in [0.05, 0.1) is 17.6 Å². The molecule has 2 heterocycles. The van der Waals surface area contributed by atoms with E-state index in [1.165, 1.54) is 11.3 Å². The van der Waals surface area contributed by atoms with Crippen LogP contribution in [0.1, 0.15) is 42.4 Å². The standard InChI is InChI=1S/C15H22N2O3S/c1-4-10-8-11(13(18)20-5-2)12(21-10)17-14(19)15(3)6-7-16-9-15/h8,16H,4-7,9H2,1-3H3,(H,17,19). The van der Waals surface area contributed by atoms with Crippen molar-refractivity contribution in [3.63, 3.8) is 0 Å². The molecule has 116 valence electrons. The molecule has 1 aromatic heterocycles. The van der Waals surface area contributed by atoms with Crippen molar-refractivity contribution >= 4 is 28.2 Å². The molecule has 1 aliphatic rings. The number of anilines is 1. The second-order valence-corrected chi connectivity index (χ2v) is 6.61. The van der Waals surface area contributed by atoms with E-state index in [2.05, 4.69) is 10.6 Å². The molecule has 2 rings (SSSR count). The summed E-state index contributed by atoms with van der Waals surface area (Å²) in [6.07, 6.45) is 1.63. The first-order valence-corrected chi connectivity index (χ1v) is 8.14. The molecule has 0 bridgehead atoms. The van der Waals surface area contributed by atoms with Crippen LogP contribution in [0.3, 0.4) is 0 Å². The quantitative estimate of drug-likeness (QED) is 0.820. The minimum Gasteiger partial charge on any atom is -0.462 e. The van der Waals surface area contributed by atoms with Gasteiger partial charge in [-0.3, -0.25) is 4.79 Å². The topological polar surface area (TPSA) is 67.4 Å². The van der Waals surface area contributed by atoms with E-state index in [0.717, 1.165) is 24.3 Å². The van der Waals surface area contributed by atoms with Crippen LogP contribution in [-0.4, -0.2) is 31.6 Å². The summed E-state index contributed by atoms with van der Waals surface area (Å²) in [4.78, 5) is 25.5. The molecule has 21 heavy (non-hydrogen) atoms. The van der Waals surface area contributed by atoms with Gasteiger partial charge in [-0.1, -0.05) is 6.92 Å². The molecule has 5 nitrogen and oxygen atoms in total. The Labute approximate surface area is 129 Å². The van der Waals surface area contributed by atoms with E-state index >= 15 is 0 Å². The van der Waals surface area contributed by atoms with Crippen molar-refractivity contribution in [3.8, 4) is 0 Å². The third-order valence-electron chi connectivity index (χ3n) is 3.77. The summed E-state index contributed by atoms with van der Waals surface area (Å²) < 4.78 is 5.06. The molecule has 0 aromatic carbocycles. The zero-order chi connectivity index (χ0) is 15.5. The summed E-state index contributed by atoms with van der Waals surface area (Å²) in [5, 5.41) is 6.73. The van der Waals surface area contributed by atoms with Crippen LogP contribution in [0.5, 0.6) is 0 Å². The molecule has 0 aliphatic carbocycles. The molecule has 6 heteroatoms. The Balaban J connectivity index is 2.20. The maximum Gasteiger partial charge on any atom is 0.341 e. The van der Waals surface area contributed by atoms with E-state index in [0.29, 0.717) is 23.7 Å². The van der Waals surface area contributed by atoms with Crippen molar-refractivity contribution in [2.24, 2.45) is 5.41 Å². The summed E-state index contributed by atoms with van der Waals surface area (Å²) in [6, 6.07) is 1.81. The van der Waals surface area contributed by atoms with Crippen molar-refractivity contribution in [1.29, 1.82) is 0 Å². The van der Waals surface area contributed by atoms with Gasteiger partial charge in [0.25, 0.3) is 0 Å². The van der Waals surface area contributed by atoms with Gasteiger partial charge in [-0.05, 0) is 39.3 Å². The van der Waals surface area contributed by atoms with Crippen LogP contribution in [0.2, 0.25) is 0 Å². The van der Waals surface area contributed by atoms with Gasteiger partial charge in [0.2, 0.25) is 5.91 Å². The molecule has 0 radical (unpaired) electrons. The number of carbonyl (C=O) groups excluding carboxylic acids is 2. The van der Waals surface area contributed by atoms with E-state index in [4.69, 9.17) is 4.74 Å². The largest absolute Gasteiger partial charge is 0.462 e. The summed E-state index contributed by atoms with van der Waals surface area (Å²) in [5.41, 5.74) is 0.0454. The first-order valence-electron chi connectivity index (χ1n) is 7.32. The van der Waals surface area contributed by atoms with E-state index < -0.39 is 5.41 Å². The van der Waals surface area contributed by atoms with E-state index in [1.807, 2.05) is 19.9 Å². The van der Waals surface area contributed by atoms with E-state index in [9.17, 15) is 9.59 Å². The van der Waals surface area contributed by atoms with Crippen molar-refractivity contribution < 1.29 is 14.3 Å². The molecule has 0 saturated carbocycles. The van der Waals surface area contributed by atoms with Crippen molar-refractivity contribution in [3.05, 3.63) is 16.5 Å². The summed E-state index contributed by atoms with van der Waals surface area (Å²) in [6.45, 7) is 7.58. The van der Waals surface area contributed by atoms with Gasteiger partial charge in [0, 0.05) is 11.4 Å². The number of nitrogens with one attached hydrogen (secondary N) is 2. The summed E-state index contributed by atoms with van der Waals surface area (Å²) in [5.74, 6) is -0.416. The van der Waals surface area contributed by atoms with Crippen molar-refractivity contribution in [1.82, 2.24) is 5.32 Å². The maximum absolute atomic E-state index is 12.5. The lowest BCUT2D eigenvalue weighted by atomic mass is 9.89. The first-order chi connectivity index (χ1) is 10.00. The highest BCUT2D eigenvalue weighted by Crippen LogP contribution is 2.32. The van der Waals surface area contributed by atoms with Crippen LogP contribution < -0.4 is 10.6 Å². The van der Waals surface area contributed by atoms with Crippen LogP contribution >= 0.6 is 11.3 Å². The Morgan fingerprint density at radius 2 is 2.24 bits per heavy atom. The lowest BCUT2D eigenvalue weighted by Crippen LogP contribution is -2.35. The van der Waals surface area contributed by atoms with Crippen LogP contribution in [0.15, 0.2) is 6.07 Å². The predicted molar refractivity (Wildman–Crippen MR) is 83.9 cm³/mol. The Kier molecular flexibility index (Phi) is 5.00. The molecule has 2 N–H and O–H groups in total. The third-order valence-corrected chi connectivity index (χ3v) is 4.97. The number of ether oxygens (including phenoxy) is 1. The van der Waals surface area contributed by atoms with Crippen LogP contribution in [0.25, 0.3) is 0 Å². The fourth-order valence-electron chi connectivity index (χ4n) is 2.33. The molecule has 1 aliphatic heterocycles. The second-order valence-electron chi connectivity index (χ2n) is 5.47. The van der Waals surface area contributed by atoms with E-state index in [-0.39, 0.29) is 11.9 Å². The predicted octanol–water partition coefficient (Wildman–Crippen LogP) is 2.43. The molecule has 1 aromatic rings. The zero-order valence-corrected chi connectivity index (χ0v) is 13.6. The number of rotatable bonds is 5. The van der Waals surface area contributed by atoms with Crippen LogP contribution in [0.4, 0.5) is 5.00 Å². The minimum absolute atomic E-state index is 0.0393. The van der Waals surface area contributed by atoms with Crippen LogP contribution in [0, 0.1) is 5.41 Å². The molecule has 1 amide bonds. The number of thiophene rings is 1. The highest BCUT2D eigenvalue weighted by molar-refractivity contribution is 7.16. The molecule has 0 spiro atoms. The third kappa shape index (κ3) is 3.44. The van der Waals surface area contributed by atoms with Gasteiger partial charge >= 0.3 is 5.97 Å². The number of carbonyl (C=O) groups is 2. The summed E-state index contributed by atoms with van der Waals surface area (Å²) in [7, 11) is 0. The van der Waals surface area contributed by atoms with Gasteiger partial charge in [-0.15, -0.1) is 11.3 Å². The molecule has 1 unspecified atom stereocenters. The number of esters is 1. The Hall–Kier alpha value is -1.40. The summed E-state index contributed by atoms with van der Waals surface area (Å²) >= 11 is 1.45. The lowest BCUT2D eigenvalue weighted by molar-refractivity contribution is -0.123. The smallest absolute Gasteiger partial charge is 0.341 e. The molecule has 1 saturated heterocycles. The molecular formula is C15H22N2O3S. The van der Waals surface area contributed by atoms with Gasteiger partial charge in [0.15, 0.2) is 0 Å². The Bertz CT molecular complexity index is 533. The maximum atomic E-state index is 12.5. The van der Waals surface area contributed by atoms with Gasteiger partial charge in [-0.25, -0.2) is 4.79 Å². The highest BCUT2D eigenvalue weighted by Gasteiger charge is 2.37. The minimum atomic E-state index is -0.414. The molecule has 1 atom stereocenters. The zero-order valence-electron chi connectivity index (χ0n) is 12.7. The van der Waals surface area contributed by atoms with Crippen molar-refractivity contribution in [2.45, 2.75) is 33.6 Å². The monoisotopic (exact) mass is 310 g/mol. The Morgan fingerprint density at radius 1 is 1.48 bits per heavy atom. The lowest BCUT2D eigenvalue weighted by Gasteiger charge is -2.21. The first kappa shape index (κ1) is 16.0. The van der Waals surface area contributed by atoms with E-state index in [1.54, 1.807) is 6.92 Å². The van der Waals surface area contributed by atoms with Crippen molar-refractivity contribution in [2.75, 3.05) is 25.0 Å². The molecular weight excluding hydrogens is 288 g/mol. The fourth-order valence-corrected chi connectivity index (χ4v) is 3.31. The van der Waals surface area contributed by atoms with Crippen LogP contribution in [-0.2, 0) is 16.0 Å². The number of hydrogen-bond donors (Lipinski definition) is 2. The Morgan fingerprint density at radius 3 is 2.81 bits per heavy atom. The normalized spacial score (nSPS) is 21.3. The fraction of sp³-hybridized carbons (Fsp3) is 0.600. The van der Waals surface area contributed by atoms with Gasteiger partial charge in [-0.2, -0.15) is 0 Å². The van der Waals surface area contributed by atoms with Gasteiger partial charge < -0.3 is 15.4 Å². The second kappa shape index (κ2) is 6.58.